The molecule has 0 unspecified atom stereocenters. The van der Waals surface area contributed by atoms with Crippen molar-refractivity contribution in [2.45, 2.75) is 18.4 Å². The van der Waals surface area contributed by atoms with E-state index >= 15 is 0 Å². The Labute approximate surface area is 164 Å². The van der Waals surface area contributed by atoms with E-state index in [9.17, 15) is 9.90 Å². The molecule has 0 bridgehead atoms. The van der Waals surface area contributed by atoms with Crippen molar-refractivity contribution in [2.24, 2.45) is 5.92 Å². The van der Waals surface area contributed by atoms with Crippen LogP contribution in [0.5, 0.6) is 0 Å². The average molecular weight is 367 g/mol. The van der Waals surface area contributed by atoms with E-state index in [0.717, 1.165) is 12.0 Å². The third kappa shape index (κ3) is 2.71. The first kappa shape index (κ1) is 16.8. The minimum absolute atomic E-state index is 0.153. The molecular formula is C25H21NO2. The van der Waals surface area contributed by atoms with Crippen LogP contribution >= 0.6 is 0 Å². The fourth-order valence-electron chi connectivity index (χ4n) is 4.64. The van der Waals surface area contributed by atoms with Gasteiger partial charge in [0.05, 0.1) is 11.6 Å². The molecule has 2 N–H and O–H groups in total. The van der Waals surface area contributed by atoms with Crippen LogP contribution in [0.2, 0.25) is 0 Å². The van der Waals surface area contributed by atoms with Gasteiger partial charge in [0.25, 0.3) is 0 Å². The van der Waals surface area contributed by atoms with Crippen molar-refractivity contribution in [1.82, 2.24) is 0 Å². The summed E-state index contributed by atoms with van der Waals surface area (Å²) in [4.78, 5) is 11.2. The number of benzene rings is 3. The molecule has 2 aliphatic rings. The number of fused-ring (bicyclic) bond motifs is 3. The largest absolute Gasteiger partial charge is 0.478 e. The molecular weight excluding hydrogens is 346 g/mol. The summed E-state index contributed by atoms with van der Waals surface area (Å²) < 4.78 is 0. The van der Waals surface area contributed by atoms with Crippen LogP contribution < -0.4 is 5.32 Å². The maximum Gasteiger partial charge on any atom is 0.335 e. The van der Waals surface area contributed by atoms with Crippen LogP contribution in [-0.2, 0) is 0 Å². The lowest BCUT2D eigenvalue weighted by Crippen LogP contribution is -2.29. The molecule has 3 nitrogen and oxygen atoms in total. The second-order valence-corrected chi connectivity index (χ2v) is 7.54. The molecule has 5 rings (SSSR count). The Bertz CT molecular complexity index is 1050. The van der Waals surface area contributed by atoms with E-state index in [1.807, 2.05) is 18.2 Å². The molecule has 0 aromatic heterocycles. The highest BCUT2D eigenvalue weighted by Crippen LogP contribution is 2.52. The molecule has 1 aliphatic carbocycles. The molecule has 3 atom stereocenters. The van der Waals surface area contributed by atoms with Gasteiger partial charge in [0.1, 0.15) is 0 Å². The van der Waals surface area contributed by atoms with Gasteiger partial charge in [0.15, 0.2) is 0 Å². The third-order valence-corrected chi connectivity index (χ3v) is 6.00. The van der Waals surface area contributed by atoms with Gasteiger partial charge in [-0.3, -0.25) is 0 Å². The fraction of sp³-hybridized carbons (Fsp3) is 0.160. The number of nitrogens with one attached hydrogen (secondary N) is 1. The Morgan fingerprint density at radius 3 is 2.46 bits per heavy atom. The van der Waals surface area contributed by atoms with Crippen molar-refractivity contribution in [1.29, 1.82) is 0 Å². The number of carboxylic acid groups (broad SMARTS) is 1. The van der Waals surface area contributed by atoms with E-state index < -0.39 is 5.97 Å². The molecule has 0 saturated heterocycles. The Kier molecular flexibility index (Phi) is 4.01. The molecule has 28 heavy (non-hydrogen) atoms. The predicted molar refractivity (Wildman–Crippen MR) is 112 cm³/mol. The first-order chi connectivity index (χ1) is 13.7. The van der Waals surface area contributed by atoms with Crippen molar-refractivity contribution < 1.29 is 9.90 Å². The Morgan fingerprint density at radius 1 is 0.929 bits per heavy atom. The summed E-state index contributed by atoms with van der Waals surface area (Å²) in [5.74, 6) is -0.0708. The van der Waals surface area contributed by atoms with Crippen LogP contribution in [0.15, 0.2) is 84.9 Å². The van der Waals surface area contributed by atoms with Crippen molar-refractivity contribution in [3.8, 4) is 11.1 Å². The standard InChI is InChI=1S/C25H21NO2/c27-25(28)18-14-12-17(13-15-18)23-21-10-5-9-20(21)22-11-4-8-19(24(22)26-23)16-6-2-1-3-7-16/h1-9,11-15,20-21,23,26H,10H2,(H,27,28)/t20-,21-,23+/m1/s1. The van der Waals surface area contributed by atoms with Crippen LogP contribution in [-0.4, -0.2) is 11.1 Å². The number of aromatic carboxylic acids is 1. The molecule has 3 heteroatoms. The molecule has 3 aromatic carbocycles. The van der Waals surface area contributed by atoms with Gasteiger partial charge in [-0.25, -0.2) is 4.79 Å². The fourth-order valence-corrected chi connectivity index (χ4v) is 4.64. The van der Waals surface area contributed by atoms with Gasteiger partial charge >= 0.3 is 5.97 Å². The van der Waals surface area contributed by atoms with Gasteiger partial charge in [-0.15, -0.1) is 0 Å². The molecule has 0 fully saturated rings. The number of rotatable bonds is 3. The quantitative estimate of drug-likeness (QED) is 0.569. The lowest BCUT2D eigenvalue weighted by Gasteiger charge is -2.38. The summed E-state index contributed by atoms with van der Waals surface area (Å²) in [6, 6.07) is 24.5. The smallest absolute Gasteiger partial charge is 0.335 e. The summed E-state index contributed by atoms with van der Waals surface area (Å²) in [5, 5.41) is 13.0. The number of anilines is 1. The summed E-state index contributed by atoms with van der Waals surface area (Å²) in [6.45, 7) is 0. The lowest BCUT2D eigenvalue weighted by atomic mass is 9.76. The van der Waals surface area contributed by atoms with E-state index in [4.69, 9.17) is 0 Å². The average Bonchev–Trinajstić information content (AvgIpc) is 3.24. The van der Waals surface area contributed by atoms with Crippen LogP contribution in [0.3, 0.4) is 0 Å². The molecule has 1 heterocycles. The number of hydrogen-bond donors (Lipinski definition) is 2. The van der Waals surface area contributed by atoms with Gasteiger partial charge in [0.2, 0.25) is 0 Å². The zero-order valence-electron chi connectivity index (χ0n) is 15.4. The van der Waals surface area contributed by atoms with Crippen molar-refractivity contribution in [3.63, 3.8) is 0 Å². The lowest BCUT2D eigenvalue weighted by molar-refractivity contribution is 0.0697. The predicted octanol–water partition coefficient (Wildman–Crippen LogP) is 5.88. The van der Waals surface area contributed by atoms with Gasteiger partial charge in [-0.1, -0.05) is 72.8 Å². The number of carbonyl (C=O) groups is 1. The second-order valence-electron chi connectivity index (χ2n) is 7.54. The van der Waals surface area contributed by atoms with Crippen LogP contribution in [0.25, 0.3) is 11.1 Å². The maximum atomic E-state index is 11.2. The molecule has 1 aliphatic heterocycles. The normalized spacial score (nSPS) is 22.2. The minimum Gasteiger partial charge on any atom is -0.478 e. The van der Waals surface area contributed by atoms with E-state index in [0.29, 0.717) is 17.4 Å². The summed E-state index contributed by atoms with van der Waals surface area (Å²) in [6.07, 6.45) is 5.63. The van der Waals surface area contributed by atoms with Crippen molar-refractivity contribution in [2.75, 3.05) is 5.32 Å². The first-order valence-corrected chi connectivity index (χ1v) is 9.67. The molecule has 0 spiro atoms. The van der Waals surface area contributed by atoms with Gasteiger partial charge < -0.3 is 10.4 Å². The number of carboxylic acids is 1. The first-order valence-electron chi connectivity index (χ1n) is 9.67. The molecule has 138 valence electrons. The highest BCUT2D eigenvalue weighted by molar-refractivity contribution is 5.87. The summed E-state index contributed by atoms with van der Waals surface area (Å²) >= 11 is 0. The monoisotopic (exact) mass is 367 g/mol. The van der Waals surface area contributed by atoms with E-state index in [-0.39, 0.29) is 6.04 Å². The molecule has 0 amide bonds. The Hall–Kier alpha value is -3.33. The van der Waals surface area contributed by atoms with Crippen LogP contribution in [0, 0.1) is 5.92 Å². The summed E-state index contributed by atoms with van der Waals surface area (Å²) in [5.41, 5.74) is 6.41. The van der Waals surface area contributed by atoms with Crippen molar-refractivity contribution >= 4 is 11.7 Å². The topological polar surface area (TPSA) is 49.3 Å². The summed E-state index contributed by atoms with van der Waals surface area (Å²) in [7, 11) is 0. The Morgan fingerprint density at radius 2 is 1.71 bits per heavy atom. The minimum atomic E-state index is -0.889. The number of para-hydroxylation sites is 1. The van der Waals surface area contributed by atoms with E-state index in [2.05, 4.69) is 59.9 Å². The molecule has 3 aromatic rings. The highest BCUT2D eigenvalue weighted by atomic mass is 16.4. The number of allylic oxidation sites excluding steroid dienone is 2. The van der Waals surface area contributed by atoms with Gasteiger partial charge in [-0.05, 0) is 41.2 Å². The molecule has 0 radical (unpaired) electrons. The van der Waals surface area contributed by atoms with Gasteiger partial charge in [0, 0.05) is 17.2 Å². The van der Waals surface area contributed by atoms with Crippen molar-refractivity contribution in [3.05, 3.63) is 102 Å². The van der Waals surface area contributed by atoms with Crippen LogP contribution in [0.4, 0.5) is 5.69 Å². The second kappa shape index (κ2) is 6.68. The highest BCUT2D eigenvalue weighted by Gasteiger charge is 2.38. The maximum absolute atomic E-state index is 11.2. The van der Waals surface area contributed by atoms with Crippen LogP contribution in [0.1, 0.15) is 39.9 Å². The number of hydrogen-bond acceptors (Lipinski definition) is 2. The zero-order chi connectivity index (χ0) is 19.1. The molecule has 0 saturated carbocycles. The van der Waals surface area contributed by atoms with E-state index in [1.165, 1.54) is 22.4 Å². The van der Waals surface area contributed by atoms with E-state index in [1.54, 1.807) is 12.1 Å². The SMILES string of the molecule is O=C(O)c1ccc([C@@H]2Nc3c(-c4ccccc4)cccc3[C@@H]3C=CC[C@H]32)cc1. The zero-order valence-corrected chi connectivity index (χ0v) is 15.4. The Balaban J connectivity index is 1.60. The van der Waals surface area contributed by atoms with Gasteiger partial charge in [-0.2, -0.15) is 0 Å². The third-order valence-electron chi connectivity index (χ3n) is 6.00.